The number of carboxylic acid groups (broad SMARTS) is 2. The van der Waals surface area contributed by atoms with Gasteiger partial charge in [-0.3, -0.25) is 0 Å². The molecule has 0 aliphatic heterocycles. The average molecular weight is 440 g/mol. The van der Waals surface area contributed by atoms with Crippen molar-refractivity contribution in [1.29, 1.82) is 0 Å². The molecule has 0 aromatic heterocycles. The first-order valence-corrected chi connectivity index (χ1v) is 9.26. The number of carboxylic acids is 2. The van der Waals surface area contributed by atoms with Gasteiger partial charge in [0.05, 0.1) is 0 Å². The van der Waals surface area contributed by atoms with Crippen molar-refractivity contribution in [2.75, 3.05) is 13.2 Å². The summed E-state index contributed by atoms with van der Waals surface area (Å²) in [6.45, 7) is -0.751. The Balaban J connectivity index is 1.74. The second-order valence-corrected chi connectivity index (χ2v) is 6.16. The Morgan fingerprint density at radius 3 is 1.34 bits per heavy atom. The van der Waals surface area contributed by atoms with Crippen LogP contribution < -0.4 is 10.6 Å². The lowest BCUT2D eigenvalue weighted by Gasteiger charge is -2.14. The molecule has 4 N–H and O–H groups in total. The molecule has 2 aromatic rings. The number of amides is 2. The fraction of sp³-hybridized carbons (Fsp3) is 0.182. The number of aliphatic carboxylic acids is 2. The highest BCUT2D eigenvalue weighted by atomic mass is 16.6. The molecule has 0 radical (unpaired) electrons. The lowest BCUT2D eigenvalue weighted by atomic mass is 10.1. The molecular weight excluding hydrogens is 420 g/mol. The van der Waals surface area contributed by atoms with Crippen LogP contribution in [0.25, 0.3) is 0 Å². The van der Waals surface area contributed by atoms with Crippen LogP contribution in [0.2, 0.25) is 0 Å². The topological polar surface area (TPSA) is 151 Å². The maximum atomic E-state index is 11.8. The van der Waals surface area contributed by atoms with Crippen molar-refractivity contribution in [3.63, 3.8) is 0 Å². The molecule has 0 spiro atoms. The third-order valence-corrected chi connectivity index (χ3v) is 3.96. The molecule has 10 nitrogen and oxygen atoms in total. The third-order valence-electron chi connectivity index (χ3n) is 3.96. The molecule has 10 heteroatoms. The van der Waals surface area contributed by atoms with Gasteiger partial charge in [-0.2, -0.15) is 0 Å². The van der Waals surface area contributed by atoms with Crippen molar-refractivity contribution in [2.45, 2.75) is 12.1 Å². The lowest BCUT2D eigenvalue weighted by molar-refractivity contribution is -0.140. The van der Waals surface area contributed by atoms with Crippen molar-refractivity contribution in [3.8, 4) is 11.8 Å². The summed E-state index contributed by atoms with van der Waals surface area (Å²) >= 11 is 0. The summed E-state index contributed by atoms with van der Waals surface area (Å²) in [5, 5.41) is 22.9. The van der Waals surface area contributed by atoms with Crippen LogP contribution in [-0.4, -0.2) is 47.6 Å². The van der Waals surface area contributed by atoms with Crippen molar-refractivity contribution >= 4 is 24.1 Å². The molecule has 0 unspecified atom stereocenters. The molecular formula is C22H20N2O8. The minimum absolute atomic E-state index is 0.373. The van der Waals surface area contributed by atoms with Gasteiger partial charge in [-0.15, -0.1) is 0 Å². The van der Waals surface area contributed by atoms with Gasteiger partial charge in [0.1, 0.15) is 0 Å². The zero-order valence-electron chi connectivity index (χ0n) is 16.7. The minimum Gasteiger partial charge on any atom is -0.479 e. The second-order valence-electron chi connectivity index (χ2n) is 6.16. The number of carbonyl (C=O) groups excluding carboxylic acids is 2. The highest BCUT2D eigenvalue weighted by Crippen LogP contribution is 2.13. The number of rotatable bonds is 8. The van der Waals surface area contributed by atoms with Crippen LogP contribution in [0.15, 0.2) is 60.7 Å². The number of nitrogens with one attached hydrogen (secondary N) is 2. The number of ether oxygens (including phenoxy) is 2. The monoisotopic (exact) mass is 440 g/mol. The Morgan fingerprint density at radius 2 is 1.03 bits per heavy atom. The van der Waals surface area contributed by atoms with Gasteiger partial charge in [0, 0.05) is 0 Å². The average Bonchev–Trinajstić information content (AvgIpc) is 2.79. The molecule has 0 aliphatic rings. The lowest BCUT2D eigenvalue weighted by Crippen LogP contribution is -2.34. The molecule has 2 aromatic carbocycles. The van der Waals surface area contributed by atoms with E-state index in [1.807, 2.05) is 0 Å². The molecule has 2 amide bonds. The van der Waals surface area contributed by atoms with Crippen molar-refractivity contribution in [1.82, 2.24) is 10.6 Å². The minimum atomic E-state index is -1.28. The highest BCUT2D eigenvalue weighted by molar-refractivity contribution is 5.82. The van der Waals surface area contributed by atoms with Crippen molar-refractivity contribution in [3.05, 3.63) is 71.8 Å². The van der Waals surface area contributed by atoms with E-state index in [2.05, 4.69) is 22.5 Å². The zero-order chi connectivity index (χ0) is 23.3. The van der Waals surface area contributed by atoms with E-state index in [1.54, 1.807) is 60.7 Å². The predicted octanol–water partition coefficient (Wildman–Crippen LogP) is 2.09. The number of alkyl carbamates (subject to hydrolysis) is 2. The Labute approximate surface area is 183 Å². The second kappa shape index (κ2) is 12.2. The predicted molar refractivity (Wildman–Crippen MR) is 110 cm³/mol. The maximum absolute atomic E-state index is 11.8. The van der Waals surface area contributed by atoms with Crippen molar-refractivity contribution < 1.29 is 38.9 Å². The van der Waals surface area contributed by atoms with E-state index in [0.717, 1.165) is 0 Å². The number of hydrogen-bond donors (Lipinski definition) is 4. The van der Waals surface area contributed by atoms with E-state index in [1.165, 1.54) is 0 Å². The Morgan fingerprint density at radius 1 is 0.688 bits per heavy atom. The van der Waals surface area contributed by atoms with Gasteiger partial charge in [0.25, 0.3) is 0 Å². The van der Waals surface area contributed by atoms with Gasteiger partial charge < -0.3 is 30.3 Å². The molecule has 0 fully saturated rings. The van der Waals surface area contributed by atoms with Crippen LogP contribution in [0, 0.1) is 11.8 Å². The molecule has 166 valence electrons. The van der Waals surface area contributed by atoms with Gasteiger partial charge in [-0.05, 0) is 11.1 Å². The first kappa shape index (κ1) is 23.8. The normalized spacial score (nSPS) is 11.6. The highest BCUT2D eigenvalue weighted by Gasteiger charge is 2.23. The van der Waals surface area contributed by atoms with E-state index < -0.39 is 36.2 Å². The van der Waals surface area contributed by atoms with Crippen LogP contribution in [0.3, 0.4) is 0 Å². The summed E-state index contributed by atoms with van der Waals surface area (Å²) in [6.07, 6.45) is -1.97. The summed E-state index contributed by atoms with van der Waals surface area (Å²) in [4.78, 5) is 46.2. The van der Waals surface area contributed by atoms with Crippen LogP contribution in [0.4, 0.5) is 9.59 Å². The summed E-state index contributed by atoms with van der Waals surface area (Å²) < 4.78 is 9.57. The zero-order valence-corrected chi connectivity index (χ0v) is 16.7. The summed E-state index contributed by atoms with van der Waals surface area (Å²) in [6, 6.07) is 13.6. The number of hydrogen-bond acceptors (Lipinski definition) is 6. The molecule has 2 atom stereocenters. The van der Waals surface area contributed by atoms with E-state index in [9.17, 15) is 29.4 Å². The molecule has 0 bridgehead atoms. The summed E-state index contributed by atoms with van der Waals surface area (Å²) in [7, 11) is 0. The molecule has 0 saturated heterocycles. The fourth-order valence-corrected chi connectivity index (χ4v) is 2.49. The van der Waals surface area contributed by atoms with Crippen LogP contribution in [0.1, 0.15) is 23.2 Å². The van der Waals surface area contributed by atoms with Gasteiger partial charge >= 0.3 is 24.1 Å². The Bertz CT molecular complexity index is 919. The number of benzene rings is 2. The largest absolute Gasteiger partial charge is 0.479 e. The van der Waals surface area contributed by atoms with Crippen LogP contribution in [0.5, 0.6) is 0 Å². The Kier molecular flexibility index (Phi) is 9.09. The van der Waals surface area contributed by atoms with Crippen molar-refractivity contribution in [2.24, 2.45) is 0 Å². The van der Waals surface area contributed by atoms with E-state index in [4.69, 9.17) is 9.47 Å². The first-order chi connectivity index (χ1) is 15.4. The van der Waals surface area contributed by atoms with Gasteiger partial charge in [-0.25, -0.2) is 19.2 Å². The SMILES string of the molecule is O=C(N[C@H](C(=O)O)c1ccccc1)OCC#CCOC(=O)N[C@H](C(=O)O)c1ccccc1. The number of carbonyl (C=O) groups is 4. The first-order valence-electron chi connectivity index (χ1n) is 9.26. The standard InChI is InChI=1S/C22H20N2O8/c25-19(26)17(15-9-3-1-4-10-15)23-21(29)31-13-7-8-14-32-22(30)24-18(20(27)28)16-11-5-2-6-12-16/h1-6,9-12,17-18H,13-14H2,(H,23,29)(H,24,30)(H,25,26)(H,27,28)/t17-,18-/m0/s1. The molecule has 32 heavy (non-hydrogen) atoms. The fourth-order valence-electron chi connectivity index (χ4n) is 2.49. The van der Waals surface area contributed by atoms with Gasteiger partial charge in [0.15, 0.2) is 25.3 Å². The summed E-state index contributed by atoms with van der Waals surface area (Å²) in [5.74, 6) is 2.33. The van der Waals surface area contributed by atoms with Gasteiger partial charge in [-0.1, -0.05) is 72.5 Å². The van der Waals surface area contributed by atoms with E-state index in [0.29, 0.717) is 11.1 Å². The molecule has 0 saturated carbocycles. The molecule has 0 aliphatic carbocycles. The van der Waals surface area contributed by atoms with Gasteiger partial charge in [0.2, 0.25) is 0 Å². The van der Waals surface area contributed by atoms with E-state index in [-0.39, 0.29) is 13.2 Å². The third kappa shape index (κ3) is 7.72. The van der Waals surface area contributed by atoms with E-state index >= 15 is 0 Å². The maximum Gasteiger partial charge on any atom is 0.409 e. The summed E-state index contributed by atoms with van der Waals surface area (Å²) in [5.41, 5.74) is 0.746. The quantitative estimate of drug-likeness (QED) is 0.456. The van der Waals surface area contributed by atoms with Crippen LogP contribution >= 0.6 is 0 Å². The smallest absolute Gasteiger partial charge is 0.409 e. The molecule has 2 rings (SSSR count). The van der Waals surface area contributed by atoms with Crippen LogP contribution in [-0.2, 0) is 19.1 Å². The Hall–Kier alpha value is -4.52. The molecule has 0 heterocycles.